The Morgan fingerprint density at radius 3 is 2.33 bits per heavy atom. The van der Waals surface area contributed by atoms with E-state index in [0.29, 0.717) is 5.69 Å². The predicted molar refractivity (Wildman–Crippen MR) is 87.5 cm³/mol. The van der Waals surface area contributed by atoms with Crippen LogP contribution in [0.3, 0.4) is 0 Å². The van der Waals surface area contributed by atoms with E-state index < -0.39 is 22.2 Å². The molecule has 0 aromatic heterocycles. The smallest absolute Gasteiger partial charge is 0.238 e. The van der Waals surface area contributed by atoms with Gasteiger partial charge in [-0.2, -0.15) is 0 Å². The molecule has 0 fully saturated rings. The molecule has 0 heterocycles. The number of anilines is 1. The number of nitrogens with two attached hydrogens (primary N) is 1. The molecule has 0 saturated heterocycles. The summed E-state index contributed by atoms with van der Waals surface area (Å²) in [5.74, 6) is 0.0839. The molecule has 2 atom stereocenters. The lowest BCUT2D eigenvalue weighted by atomic mass is 9.90. The molecule has 2 aromatic rings. The van der Waals surface area contributed by atoms with Crippen LogP contribution in [0.1, 0.15) is 23.3 Å². The molecule has 6 N–H and O–H groups in total. The highest BCUT2D eigenvalue weighted by molar-refractivity contribution is 7.89. The third-order valence-corrected chi connectivity index (χ3v) is 4.76. The number of rotatable bonds is 3. The van der Waals surface area contributed by atoms with Crippen LogP contribution in [0.15, 0.2) is 59.1 Å². The highest BCUT2D eigenvalue weighted by Crippen LogP contribution is 2.39. The zero-order valence-corrected chi connectivity index (χ0v) is 13.2. The van der Waals surface area contributed by atoms with Crippen LogP contribution in [0, 0.1) is 0 Å². The zero-order chi connectivity index (χ0) is 17.5. The number of fused-ring (bicyclic) bond motifs is 1. The van der Waals surface area contributed by atoms with Gasteiger partial charge in [-0.3, -0.25) is 0 Å². The molecular formula is C16H16N2O5S. The molecular weight excluding hydrogens is 332 g/mol. The van der Waals surface area contributed by atoms with Crippen LogP contribution < -0.4 is 10.5 Å². The fraction of sp³-hybridized carbons (Fsp3) is 0.125. The second-order valence-corrected chi connectivity index (χ2v) is 6.98. The van der Waals surface area contributed by atoms with Crippen molar-refractivity contribution in [3.05, 3.63) is 65.4 Å². The van der Waals surface area contributed by atoms with E-state index in [2.05, 4.69) is 5.32 Å². The molecule has 0 spiro atoms. The maximum atomic E-state index is 11.8. The first-order valence-corrected chi connectivity index (χ1v) is 8.61. The minimum Gasteiger partial charge on any atom is -0.508 e. The maximum Gasteiger partial charge on any atom is 0.238 e. The van der Waals surface area contributed by atoms with Crippen molar-refractivity contribution in [3.63, 3.8) is 0 Å². The van der Waals surface area contributed by atoms with Gasteiger partial charge in [0, 0.05) is 16.9 Å². The van der Waals surface area contributed by atoms with Crippen LogP contribution in [-0.4, -0.2) is 23.7 Å². The summed E-state index contributed by atoms with van der Waals surface area (Å²) in [6.45, 7) is 0. The topological polar surface area (TPSA) is 133 Å². The molecule has 0 amide bonds. The molecule has 1 aliphatic carbocycles. The van der Waals surface area contributed by atoms with Crippen molar-refractivity contribution >= 4 is 15.7 Å². The van der Waals surface area contributed by atoms with Gasteiger partial charge in [-0.1, -0.05) is 12.1 Å². The molecule has 1 aliphatic rings. The number of benzene rings is 2. The number of primary sulfonamides is 1. The molecule has 0 aliphatic heterocycles. The summed E-state index contributed by atoms with van der Waals surface area (Å²) in [5, 5.41) is 38.3. The highest BCUT2D eigenvalue weighted by Gasteiger charge is 2.31. The lowest BCUT2D eigenvalue weighted by Crippen LogP contribution is -2.24. The normalized spacial score (nSPS) is 20.2. The molecule has 8 heteroatoms. The minimum absolute atomic E-state index is 0.0521. The van der Waals surface area contributed by atoms with Gasteiger partial charge < -0.3 is 20.6 Å². The molecule has 2 aromatic carbocycles. The monoisotopic (exact) mass is 348 g/mol. The van der Waals surface area contributed by atoms with E-state index in [1.807, 2.05) is 0 Å². The summed E-state index contributed by atoms with van der Waals surface area (Å²) in [7, 11) is -4.06. The van der Waals surface area contributed by atoms with Gasteiger partial charge >= 0.3 is 0 Å². The van der Waals surface area contributed by atoms with Gasteiger partial charge in [-0.05, 0) is 42.0 Å². The van der Waals surface area contributed by atoms with E-state index >= 15 is 0 Å². The van der Waals surface area contributed by atoms with Crippen LogP contribution >= 0.6 is 0 Å². The van der Waals surface area contributed by atoms with Gasteiger partial charge in [0.2, 0.25) is 10.0 Å². The van der Waals surface area contributed by atoms with E-state index in [4.69, 9.17) is 5.14 Å². The molecule has 7 nitrogen and oxygen atoms in total. The van der Waals surface area contributed by atoms with Gasteiger partial charge in [-0.25, -0.2) is 13.6 Å². The van der Waals surface area contributed by atoms with Crippen LogP contribution in [0.5, 0.6) is 5.75 Å². The Labute approximate surface area is 138 Å². The van der Waals surface area contributed by atoms with Crippen molar-refractivity contribution in [2.75, 3.05) is 5.32 Å². The third kappa shape index (κ3) is 3.00. The summed E-state index contributed by atoms with van der Waals surface area (Å²) >= 11 is 0. The minimum atomic E-state index is -4.06. The Hall–Kier alpha value is -2.39. The predicted octanol–water partition coefficient (Wildman–Crippen LogP) is 1.12. The number of phenols is 1. The molecule has 0 radical (unpaired) electrons. The van der Waals surface area contributed by atoms with E-state index in [0.717, 1.165) is 0 Å². The van der Waals surface area contributed by atoms with Crippen LogP contribution in [0.25, 0.3) is 0 Å². The number of hydrogen-bond donors (Lipinski definition) is 5. The van der Waals surface area contributed by atoms with E-state index in [9.17, 15) is 23.7 Å². The number of aliphatic hydroxyl groups is 2. The lowest BCUT2D eigenvalue weighted by molar-refractivity contribution is 0.176. The lowest BCUT2D eigenvalue weighted by Gasteiger charge is -2.28. The molecule has 2 unspecified atom stereocenters. The standard InChI is InChI=1S/C16H16N2O5S/c17-24(22,23)14-3-1-2-11-13(20)8-12(16(21)15(11)14)18-9-4-6-10(19)7-5-9/h1-8,13,16,18-21H,(H2,17,22,23). The van der Waals surface area contributed by atoms with Crippen molar-refractivity contribution in [1.29, 1.82) is 0 Å². The number of sulfonamides is 1. The van der Waals surface area contributed by atoms with E-state index in [1.54, 1.807) is 12.1 Å². The number of aromatic hydroxyl groups is 1. The Morgan fingerprint density at radius 1 is 1.04 bits per heavy atom. The molecule has 0 saturated carbocycles. The SMILES string of the molecule is NS(=O)(=O)c1cccc2c1C(O)C(Nc1ccc(O)cc1)=CC2O. The third-order valence-electron chi connectivity index (χ3n) is 3.79. The van der Waals surface area contributed by atoms with Gasteiger partial charge in [0.15, 0.2) is 0 Å². The Bertz CT molecular complexity index is 907. The van der Waals surface area contributed by atoms with Gasteiger partial charge in [-0.15, -0.1) is 0 Å². The second kappa shape index (κ2) is 5.91. The molecule has 24 heavy (non-hydrogen) atoms. The van der Waals surface area contributed by atoms with Gasteiger partial charge in [0.05, 0.1) is 11.0 Å². The maximum absolute atomic E-state index is 11.8. The Morgan fingerprint density at radius 2 is 1.71 bits per heavy atom. The summed E-state index contributed by atoms with van der Waals surface area (Å²) in [6, 6.07) is 10.4. The Kier molecular flexibility index (Phi) is 4.06. The van der Waals surface area contributed by atoms with Crippen LogP contribution in [-0.2, 0) is 10.0 Å². The summed E-state index contributed by atoms with van der Waals surface area (Å²) in [6.07, 6.45) is -0.997. The van der Waals surface area contributed by atoms with E-state index in [-0.39, 0.29) is 27.5 Å². The van der Waals surface area contributed by atoms with Gasteiger partial charge in [0.25, 0.3) is 0 Å². The van der Waals surface area contributed by atoms with Crippen molar-refractivity contribution in [2.45, 2.75) is 17.1 Å². The second-order valence-electron chi connectivity index (χ2n) is 5.45. The summed E-state index contributed by atoms with van der Waals surface area (Å²) in [4.78, 5) is -0.232. The number of aliphatic hydroxyl groups excluding tert-OH is 2. The van der Waals surface area contributed by atoms with Crippen LogP contribution in [0.4, 0.5) is 5.69 Å². The average molecular weight is 348 g/mol. The molecule has 3 rings (SSSR count). The van der Waals surface area contributed by atoms with Crippen molar-refractivity contribution in [3.8, 4) is 5.75 Å². The first kappa shape index (κ1) is 16.5. The fourth-order valence-corrected chi connectivity index (χ4v) is 3.49. The first-order valence-electron chi connectivity index (χ1n) is 7.07. The zero-order valence-electron chi connectivity index (χ0n) is 12.4. The largest absolute Gasteiger partial charge is 0.508 e. The molecule has 0 bridgehead atoms. The summed E-state index contributed by atoms with van der Waals surface area (Å²) < 4.78 is 23.6. The first-order chi connectivity index (χ1) is 11.3. The Balaban J connectivity index is 2.04. The number of nitrogens with one attached hydrogen (secondary N) is 1. The quantitative estimate of drug-likeness (QED) is 0.528. The highest BCUT2D eigenvalue weighted by atomic mass is 32.2. The number of phenolic OH excluding ortho intramolecular Hbond substituents is 1. The number of hydrogen-bond acceptors (Lipinski definition) is 6. The average Bonchev–Trinajstić information content (AvgIpc) is 2.53. The van der Waals surface area contributed by atoms with Gasteiger partial charge in [0.1, 0.15) is 11.9 Å². The van der Waals surface area contributed by atoms with E-state index in [1.165, 1.54) is 36.4 Å². The molecule has 126 valence electrons. The van der Waals surface area contributed by atoms with Crippen molar-refractivity contribution < 1.29 is 23.7 Å². The van der Waals surface area contributed by atoms with Crippen molar-refractivity contribution in [2.24, 2.45) is 5.14 Å². The van der Waals surface area contributed by atoms with Crippen LogP contribution in [0.2, 0.25) is 0 Å². The van der Waals surface area contributed by atoms with Crippen molar-refractivity contribution in [1.82, 2.24) is 0 Å². The summed E-state index contributed by atoms with van der Waals surface area (Å²) in [5.41, 5.74) is 1.11. The fourth-order valence-electron chi connectivity index (χ4n) is 2.69.